The van der Waals surface area contributed by atoms with Crippen molar-refractivity contribution in [3.63, 3.8) is 0 Å². The van der Waals surface area contributed by atoms with Gasteiger partial charge in [-0.15, -0.1) is 0 Å². The first-order valence-electron chi connectivity index (χ1n) is 26.1. The molecular weight excluding hydrogens is 969 g/mol. The zero-order chi connectivity index (χ0) is 55.1. The predicted octanol–water partition coefficient (Wildman–Crippen LogP) is 15.5. The van der Waals surface area contributed by atoms with E-state index in [-0.39, 0.29) is 23.6 Å². The van der Waals surface area contributed by atoms with Gasteiger partial charge in [0.05, 0.1) is 22.8 Å². The molecule has 8 bridgehead atoms. The van der Waals surface area contributed by atoms with E-state index < -0.39 is 16.2 Å². The van der Waals surface area contributed by atoms with Crippen molar-refractivity contribution in [1.29, 1.82) is 0 Å². The lowest BCUT2D eigenvalue weighted by Gasteiger charge is -2.20. The molecule has 0 fully saturated rings. The van der Waals surface area contributed by atoms with Crippen LogP contribution in [0.1, 0.15) is 95.4 Å². The van der Waals surface area contributed by atoms with Crippen LogP contribution in [0, 0.1) is 16.2 Å². The Morgan fingerprint density at radius 1 is 0.333 bits per heavy atom. The average Bonchev–Trinajstić information content (AvgIpc) is 4.32. The molecule has 0 saturated carbocycles. The SMILES string of the molecule is CC(C)(C)C(=O)Nc1ccccc1-c1c2nc(c(-c3ccccc3NC(=O)C(C)(C)C)c3ccc([nH]3)c(-c3ccccc3NC(=O)C(C)(C)C)c3nc(c(-c4ccccc4NC(=O)c4ccccc4)c4ccc1[nH]4)C=C3)C=C2. The highest BCUT2D eigenvalue weighted by atomic mass is 16.2. The lowest BCUT2D eigenvalue weighted by Crippen LogP contribution is -2.27. The summed E-state index contributed by atoms with van der Waals surface area (Å²) in [6.45, 7) is 16.9. The quantitative estimate of drug-likeness (QED) is 0.0839. The molecule has 390 valence electrons. The van der Waals surface area contributed by atoms with Gasteiger partial charge in [0.15, 0.2) is 0 Å². The summed E-state index contributed by atoms with van der Waals surface area (Å²) >= 11 is 0. The molecule has 5 heterocycles. The van der Waals surface area contributed by atoms with Crippen molar-refractivity contribution >= 4 is 92.7 Å². The normalized spacial score (nSPS) is 12.3. The molecule has 6 N–H and O–H groups in total. The second kappa shape index (κ2) is 20.6. The molecule has 2 aliphatic rings. The molecule has 3 aromatic heterocycles. The molecular formula is C66H62N8O4. The Morgan fingerprint density at radius 2 is 0.590 bits per heavy atom. The highest BCUT2D eigenvalue weighted by molar-refractivity contribution is 6.10. The van der Waals surface area contributed by atoms with Crippen molar-refractivity contribution < 1.29 is 19.2 Å². The summed E-state index contributed by atoms with van der Waals surface area (Å²) in [6.07, 6.45) is 7.89. The first-order chi connectivity index (χ1) is 37.2. The Balaban J connectivity index is 1.36. The maximum Gasteiger partial charge on any atom is 0.255 e. The van der Waals surface area contributed by atoms with Crippen molar-refractivity contribution in [2.24, 2.45) is 16.2 Å². The molecule has 8 aromatic rings. The number of para-hydroxylation sites is 4. The number of rotatable bonds is 9. The van der Waals surface area contributed by atoms with Crippen LogP contribution < -0.4 is 21.3 Å². The fourth-order valence-electron chi connectivity index (χ4n) is 9.29. The minimum Gasteiger partial charge on any atom is -0.354 e. The van der Waals surface area contributed by atoms with Crippen LogP contribution in [0.15, 0.2) is 152 Å². The molecule has 12 heteroatoms. The van der Waals surface area contributed by atoms with Crippen molar-refractivity contribution in [1.82, 2.24) is 19.9 Å². The fraction of sp³-hybridized carbons (Fsp3) is 0.182. The molecule has 12 nitrogen and oxygen atoms in total. The van der Waals surface area contributed by atoms with Gasteiger partial charge in [0.2, 0.25) is 17.7 Å². The van der Waals surface area contributed by atoms with Crippen molar-refractivity contribution in [2.45, 2.75) is 62.3 Å². The minimum absolute atomic E-state index is 0.154. The molecule has 0 atom stereocenters. The van der Waals surface area contributed by atoms with Crippen LogP contribution in [0.25, 0.3) is 90.9 Å². The average molecular weight is 1030 g/mol. The molecule has 0 radical (unpaired) electrons. The minimum atomic E-state index is -0.698. The first kappa shape index (κ1) is 52.0. The Morgan fingerprint density at radius 3 is 0.872 bits per heavy atom. The number of nitrogens with zero attached hydrogens (tertiary/aromatic N) is 2. The van der Waals surface area contributed by atoms with Gasteiger partial charge in [-0.1, -0.05) is 153 Å². The lowest BCUT2D eigenvalue weighted by molar-refractivity contribution is -0.123. The summed E-state index contributed by atoms with van der Waals surface area (Å²) in [5.41, 5.74) is 11.6. The largest absolute Gasteiger partial charge is 0.354 e. The highest BCUT2D eigenvalue weighted by Crippen LogP contribution is 2.43. The number of fused-ring (bicyclic) bond motifs is 8. The molecule has 78 heavy (non-hydrogen) atoms. The third kappa shape index (κ3) is 10.6. The van der Waals surface area contributed by atoms with Gasteiger partial charge in [-0.2, -0.15) is 0 Å². The van der Waals surface area contributed by atoms with E-state index in [2.05, 4.69) is 31.2 Å². The predicted molar refractivity (Wildman–Crippen MR) is 319 cm³/mol. The van der Waals surface area contributed by atoms with E-state index in [1.54, 1.807) is 12.1 Å². The van der Waals surface area contributed by atoms with E-state index in [4.69, 9.17) is 9.97 Å². The molecule has 2 aliphatic heterocycles. The second-order valence-corrected chi connectivity index (χ2v) is 22.6. The summed E-state index contributed by atoms with van der Waals surface area (Å²) < 4.78 is 0. The number of carbonyl (C=O) groups excluding carboxylic acids is 4. The van der Waals surface area contributed by atoms with Gasteiger partial charge in [-0.05, 0) is 85.0 Å². The highest BCUT2D eigenvalue weighted by Gasteiger charge is 2.28. The fourth-order valence-corrected chi connectivity index (χ4v) is 9.29. The van der Waals surface area contributed by atoms with Gasteiger partial charge in [0.1, 0.15) is 0 Å². The lowest BCUT2D eigenvalue weighted by atomic mass is 9.94. The monoisotopic (exact) mass is 1030 g/mol. The zero-order valence-corrected chi connectivity index (χ0v) is 45.3. The van der Waals surface area contributed by atoms with Crippen molar-refractivity contribution in [2.75, 3.05) is 21.3 Å². The molecule has 0 unspecified atom stereocenters. The van der Waals surface area contributed by atoms with Gasteiger partial charge in [-0.3, -0.25) is 19.2 Å². The molecule has 4 amide bonds. The number of aromatic amines is 2. The van der Waals surface area contributed by atoms with Gasteiger partial charge in [0.25, 0.3) is 5.91 Å². The van der Waals surface area contributed by atoms with E-state index in [0.29, 0.717) is 101 Å². The van der Waals surface area contributed by atoms with Crippen molar-refractivity contribution in [3.8, 4) is 44.5 Å². The van der Waals surface area contributed by atoms with Crippen LogP contribution in [0.3, 0.4) is 0 Å². The number of hydrogen-bond acceptors (Lipinski definition) is 6. The van der Waals surface area contributed by atoms with Crippen LogP contribution >= 0.6 is 0 Å². The second-order valence-electron chi connectivity index (χ2n) is 22.6. The Hall–Kier alpha value is -9.42. The van der Waals surface area contributed by atoms with Gasteiger partial charge >= 0.3 is 0 Å². The number of amides is 4. The Labute approximate surface area is 454 Å². The van der Waals surface area contributed by atoms with Gasteiger partial charge < -0.3 is 31.2 Å². The van der Waals surface area contributed by atoms with Crippen LogP contribution in [-0.2, 0) is 14.4 Å². The molecule has 5 aromatic carbocycles. The van der Waals surface area contributed by atoms with Crippen LogP contribution in [0.4, 0.5) is 22.7 Å². The van der Waals surface area contributed by atoms with Crippen LogP contribution in [0.2, 0.25) is 0 Å². The number of aromatic nitrogens is 4. The third-order valence-electron chi connectivity index (χ3n) is 13.6. The zero-order valence-electron chi connectivity index (χ0n) is 45.3. The molecule has 0 saturated heterocycles. The molecule has 0 aliphatic carbocycles. The van der Waals surface area contributed by atoms with Crippen LogP contribution in [-0.4, -0.2) is 43.6 Å². The third-order valence-corrected chi connectivity index (χ3v) is 13.6. The molecule has 0 spiro atoms. The topological polar surface area (TPSA) is 174 Å². The standard InChI is InChI=1S/C66H62N8O4/c1-64(2,3)61(76)72-45-28-18-14-24-41(45)57-50-33-31-48(67-50)56(40-23-13-17-27-44(40)71-60(75)39-21-11-10-12-22-39)49-32-34-51(68-49)58(42-25-15-19-29-46(42)73-62(77)65(4,5)6)53-36-38-55(70-53)59(54-37-35-52(57)69-54)43-26-16-20-30-47(43)74-63(78)66(7,8)9/h10-38,67,70H,1-9H3,(H,71,75)(H,72,76)(H,73,77)(H,74,78). The Bertz CT molecular complexity index is 3880. The number of anilines is 4. The van der Waals surface area contributed by atoms with E-state index >= 15 is 0 Å². The smallest absolute Gasteiger partial charge is 0.255 e. The summed E-state index contributed by atoms with van der Waals surface area (Å²) in [6, 6.07) is 47.9. The summed E-state index contributed by atoms with van der Waals surface area (Å²) in [5, 5.41) is 12.9. The van der Waals surface area contributed by atoms with E-state index in [0.717, 1.165) is 16.7 Å². The summed E-state index contributed by atoms with van der Waals surface area (Å²) in [5.74, 6) is -0.737. The van der Waals surface area contributed by atoms with E-state index in [9.17, 15) is 19.2 Å². The number of carbonyl (C=O) groups is 4. The van der Waals surface area contributed by atoms with Crippen LogP contribution in [0.5, 0.6) is 0 Å². The van der Waals surface area contributed by atoms with E-state index in [1.165, 1.54) is 0 Å². The maximum atomic E-state index is 14.0. The number of hydrogen-bond donors (Lipinski definition) is 6. The summed E-state index contributed by atoms with van der Waals surface area (Å²) in [4.78, 5) is 74.1. The van der Waals surface area contributed by atoms with Gasteiger partial charge in [0, 0.05) is 111 Å². The number of benzene rings is 5. The maximum absolute atomic E-state index is 14.0. The number of nitrogens with one attached hydrogen (secondary N) is 6. The summed E-state index contributed by atoms with van der Waals surface area (Å²) in [7, 11) is 0. The van der Waals surface area contributed by atoms with Crippen molar-refractivity contribution in [3.05, 3.63) is 180 Å². The van der Waals surface area contributed by atoms with E-state index in [1.807, 2.05) is 226 Å². The first-order valence-corrected chi connectivity index (χ1v) is 26.1. The molecule has 10 rings (SSSR count). The number of H-pyrrole nitrogens is 2. The van der Waals surface area contributed by atoms with Gasteiger partial charge in [-0.25, -0.2) is 9.97 Å². The Kier molecular flexibility index (Phi) is 13.7.